The molecule has 0 spiro atoms. The van der Waals surface area contributed by atoms with Gasteiger partial charge in [0.05, 0.1) is 27.9 Å². The quantitative estimate of drug-likeness (QED) is 0.290. The average molecular weight is 606 g/mol. The van der Waals surface area contributed by atoms with E-state index in [0.717, 1.165) is 24.8 Å². The van der Waals surface area contributed by atoms with E-state index >= 15 is 0 Å². The van der Waals surface area contributed by atoms with Crippen molar-refractivity contribution in [2.75, 3.05) is 11.1 Å². The Morgan fingerprint density at radius 2 is 2.03 bits per heavy atom. The fourth-order valence-electron chi connectivity index (χ4n) is 4.60. The lowest BCUT2D eigenvalue weighted by atomic mass is 9.72. The van der Waals surface area contributed by atoms with Gasteiger partial charge in [-0.1, -0.05) is 55.7 Å². The maximum atomic E-state index is 12.9. The third kappa shape index (κ3) is 6.77. The van der Waals surface area contributed by atoms with Gasteiger partial charge in [-0.3, -0.25) is 9.59 Å². The summed E-state index contributed by atoms with van der Waals surface area (Å²) in [5.74, 6) is 0.722. The minimum absolute atomic E-state index is 0.117. The summed E-state index contributed by atoms with van der Waals surface area (Å²) in [5.41, 5.74) is 2.27. The molecule has 0 saturated carbocycles. The number of carbonyl (C=O) groups is 2. The molecule has 1 atom stereocenters. The lowest BCUT2D eigenvalue weighted by Crippen LogP contribution is -2.26. The third-order valence-electron chi connectivity index (χ3n) is 6.89. The number of thioether (sulfide) groups is 1. The SMILES string of the molecule is CCn1c(CNC(=O)c2ccc(Cl)c(Cl)c2)nnc1SCC(=O)Nc1sc2c(c1C#N)CC[C@@H](C(C)(C)C)C2. The van der Waals surface area contributed by atoms with Gasteiger partial charge in [0, 0.05) is 17.0 Å². The standard InChI is InChI=1S/C27H30Cl2N6O2S2/c1-5-35-22(13-31-24(37)15-6-9-19(28)20(29)10-15)33-34-26(35)38-14-23(36)32-25-18(12-30)17-8-7-16(27(2,3)4)11-21(17)39-25/h6,9-10,16H,5,7-8,11,13-14H2,1-4H3,(H,31,37)(H,32,36)/t16-/m1/s1. The van der Waals surface area contributed by atoms with Crippen LogP contribution in [0, 0.1) is 22.7 Å². The number of nitriles is 1. The van der Waals surface area contributed by atoms with Crippen molar-refractivity contribution in [1.29, 1.82) is 5.26 Å². The number of amides is 2. The number of fused-ring (bicyclic) bond motifs is 1. The molecule has 1 aliphatic rings. The lowest BCUT2D eigenvalue weighted by molar-refractivity contribution is -0.113. The number of halogens is 2. The molecule has 0 bridgehead atoms. The molecule has 12 heteroatoms. The molecule has 0 unspecified atom stereocenters. The highest BCUT2D eigenvalue weighted by molar-refractivity contribution is 7.99. The summed E-state index contributed by atoms with van der Waals surface area (Å²) in [6, 6.07) is 6.99. The summed E-state index contributed by atoms with van der Waals surface area (Å²) < 4.78 is 1.85. The normalized spacial score (nSPS) is 14.9. The van der Waals surface area contributed by atoms with E-state index in [1.165, 1.54) is 34.0 Å². The van der Waals surface area contributed by atoms with Crippen molar-refractivity contribution in [2.24, 2.45) is 11.3 Å². The molecule has 2 N–H and O–H groups in total. The van der Waals surface area contributed by atoms with E-state index in [4.69, 9.17) is 23.2 Å². The molecule has 0 fully saturated rings. The topological polar surface area (TPSA) is 113 Å². The monoisotopic (exact) mass is 604 g/mol. The summed E-state index contributed by atoms with van der Waals surface area (Å²) >= 11 is 14.7. The van der Waals surface area contributed by atoms with Crippen LogP contribution in [0.1, 0.15) is 66.3 Å². The van der Waals surface area contributed by atoms with Gasteiger partial charge in [0.25, 0.3) is 5.91 Å². The van der Waals surface area contributed by atoms with Crippen LogP contribution in [0.5, 0.6) is 0 Å². The number of nitrogens with one attached hydrogen (secondary N) is 2. The molecule has 0 radical (unpaired) electrons. The molecule has 4 rings (SSSR count). The molecule has 3 aromatic rings. The van der Waals surface area contributed by atoms with Gasteiger partial charge >= 0.3 is 0 Å². The largest absolute Gasteiger partial charge is 0.345 e. The van der Waals surface area contributed by atoms with Crippen molar-refractivity contribution < 1.29 is 9.59 Å². The molecule has 1 aromatic carbocycles. The predicted molar refractivity (Wildman–Crippen MR) is 157 cm³/mol. The maximum Gasteiger partial charge on any atom is 0.251 e. The van der Waals surface area contributed by atoms with Crippen molar-refractivity contribution in [2.45, 2.75) is 65.2 Å². The zero-order chi connectivity index (χ0) is 28.3. The van der Waals surface area contributed by atoms with Crippen LogP contribution in [0.2, 0.25) is 10.0 Å². The van der Waals surface area contributed by atoms with Crippen LogP contribution in [-0.4, -0.2) is 32.3 Å². The summed E-state index contributed by atoms with van der Waals surface area (Å²) in [6.07, 6.45) is 2.85. The number of hydrogen-bond acceptors (Lipinski definition) is 7. The van der Waals surface area contributed by atoms with Crippen molar-refractivity contribution in [1.82, 2.24) is 20.1 Å². The second kappa shape index (κ2) is 12.3. The summed E-state index contributed by atoms with van der Waals surface area (Å²) in [4.78, 5) is 26.6. The van der Waals surface area contributed by atoms with Gasteiger partial charge in [-0.25, -0.2) is 0 Å². The van der Waals surface area contributed by atoms with Crippen LogP contribution in [0.4, 0.5) is 5.00 Å². The molecule has 2 heterocycles. The maximum absolute atomic E-state index is 12.9. The second-order valence-electron chi connectivity index (χ2n) is 10.4. The Labute approximate surface area is 246 Å². The van der Waals surface area contributed by atoms with Gasteiger partial charge in [-0.2, -0.15) is 5.26 Å². The molecule has 39 heavy (non-hydrogen) atoms. The number of nitrogens with zero attached hydrogens (tertiary/aromatic N) is 4. The number of benzene rings is 1. The van der Waals surface area contributed by atoms with Crippen LogP contribution >= 0.6 is 46.3 Å². The number of anilines is 1. The Balaban J connectivity index is 1.37. The first kappa shape index (κ1) is 29.4. The van der Waals surface area contributed by atoms with Crippen LogP contribution < -0.4 is 10.6 Å². The minimum atomic E-state index is -0.312. The third-order valence-corrected chi connectivity index (χ3v) is 9.76. The first-order valence-corrected chi connectivity index (χ1v) is 15.2. The summed E-state index contributed by atoms with van der Waals surface area (Å²) in [5, 5.41) is 25.9. The average Bonchev–Trinajstić information content (AvgIpc) is 3.46. The Hall–Kier alpha value is -2.58. The number of carbonyl (C=O) groups excluding carboxylic acids is 2. The molecule has 2 aromatic heterocycles. The lowest BCUT2D eigenvalue weighted by Gasteiger charge is -2.33. The molecular weight excluding hydrogens is 575 g/mol. The predicted octanol–water partition coefficient (Wildman–Crippen LogP) is 6.35. The van der Waals surface area contributed by atoms with Gasteiger partial charge < -0.3 is 15.2 Å². The summed E-state index contributed by atoms with van der Waals surface area (Å²) in [7, 11) is 0. The van der Waals surface area contributed by atoms with E-state index in [2.05, 4.69) is 47.7 Å². The van der Waals surface area contributed by atoms with Crippen molar-refractivity contribution in [3.8, 4) is 6.07 Å². The highest BCUT2D eigenvalue weighted by atomic mass is 35.5. The van der Waals surface area contributed by atoms with Crippen LogP contribution in [-0.2, 0) is 30.7 Å². The van der Waals surface area contributed by atoms with Gasteiger partial charge in [-0.05, 0) is 61.3 Å². The highest BCUT2D eigenvalue weighted by Gasteiger charge is 2.32. The van der Waals surface area contributed by atoms with Crippen molar-refractivity contribution in [3.63, 3.8) is 0 Å². The Morgan fingerprint density at radius 1 is 1.26 bits per heavy atom. The van der Waals surface area contributed by atoms with Gasteiger partial charge in [0.1, 0.15) is 11.1 Å². The number of hydrogen-bond donors (Lipinski definition) is 2. The smallest absolute Gasteiger partial charge is 0.251 e. The Morgan fingerprint density at radius 3 is 2.69 bits per heavy atom. The van der Waals surface area contributed by atoms with Crippen LogP contribution in [0.15, 0.2) is 23.4 Å². The fourth-order valence-corrected chi connectivity index (χ4v) is 7.01. The zero-order valence-corrected chi connectivity index (χ0v) is 25.4. The van der Waals surface area contributed by atoms with Gasteiger partial charge in [-0.15, -0.1) is 21.5 Å². The van der Waals surface area contributed by atoms with Crippen LogP contribution in [0.3, 0.4) is 0 Å². The number of rotatable bonds is 8. The zero-order valence-electron chi connectivity index (χ0n) is 22.2. The highest BCUT2D eigenvalue weighted by Crippen LogP contribution is 2.44. The first-order chi connectivity index (χ1) is 18.5. The van der Waals surface area contributed by atoms with Gasteiger partial charge in [0.2, 0.25) is 5.91 Å². The Bertz CT molecular complexity index is 1440. The minimum Gasteiger partial charge on any atom is -0.345 e. The van der Waals surface area contributed by atoms with E-state index in [1.807, 2.05) is 11.5 Å². The Kier molecular flexibility index (Phi) is 9.27. The van der Waals surface area contributed by atoms with Crippen LogP contribution in [0.25, 0.3) is 0 Å². The van der Waals surface area contributed by atoms with E-state index in [1.54, 1.807) is 12.1 Å². The molecule has 8 nitrogen and oxygen atoms in total. The molecule has 206 valence electrons. The van der Waals surface area contributed by atoms with E-state index < -0.39 is 0 Å². The molecule has 0 aliphatic heterocycles. The van der Waals surface area contributed by atoms with E-state index in [-0.39, 0.29) is 29.5 Å². The molecular formula is C27H30Cl2N6O2S2. The molecule has 1 aliphatic carbocycles. The van der Waals surface area contributed by atoms with Crippen molar-refractivity contribution in [3.05, 3.63) is 55.6 Å². The fraction of sp³-hybridized carbons (Fsp3) is 0.444. The second-order valence-corrected chi connectivity index (χ2v) is 13.3. The number of aromatic nitrogens is 3. The molecule has 2 amide bonds. The van der Waals surface area contributed by atoms with E-state index in [0.29, 0.717) is 49.6 Å². The van der Waals surface area contributed by atoms with E-state index in [9.17, 15) is 14.9 Å². The van der Waals surface area contributed by atoms with Crippen molar-refractivity contribution >= 4 is 63.1 Å². The van der Waals surface area contributed by atoms with Gasteiger partial charge in [0.15, 0.2) is 11.0 Å². The first-order valence-electron chi connectivity index (χ1n) is 12.6. The summed E-state index contributed by atoms with van der Waals surface area (Å²) in [6.45, 7) is 9.44. The number of thiophene rings is 1. The molecule has 0 saturated heterocycles.